The highest BCUT2D eigenvalue weighted by atomic mass is 19.1. The maximum absolute atomic E-state index is 13.9. The predicted octanol–water partition coefficient (Wildman–Crippen LogP) is 13.5. The Balaban J connectivity index is 0.000000189. The Labute approximate surface area is 368 Å². The third-order valence-electron chi connectivity index (χ3n) is 11.0. The predicted molar refractivity (Wildman–Crippen MR) is 248 cm³/mol. The minimum Gasteiger partial charge on any atom is -0.497 e. The summed E-state index contributed by atoms with van der Waals surface area (Å²) in [5, 5.41) is 7.15. The van der Waals surface area contributed by atoms with Gasteiger partial charge in [-0.2, -0.15) is 0 Å². The molecule has 6 aromatic carbocycles. The summed E-state index contributed by atoms with van der Waals surface area (Å²) in [6, 6.07) is 30.7. The number of benzene rings is 6. The van der Waals surface area contributed by atoms with Crippen molar-refractivity contribution in [3.63, 3.8) is 0 Å². The number of nitrogens with one attached hydrogen (secondary N) is 2. The van der Waals surface area contributed by atoms with E-state index in [0.29, 0.717) is 23.9 Å². The molecule has 10 heteroatoms. The minimum absolute atomic E-state index is 0.153. The third kappa shape index (κ3) is 9.96. The van der Waals surface area contributed by atoms with E-state index in [-0.39, 0.29) is 35.1 Å². The third-order valence-corrected chi connectivity index (χ3v) is 11.0. The largest absolute Gasteiger partial charge is 0.497 e. The fraction of sp³-hybridized carbons (Fsp3) is 0.245. The number of rotatable bonds is 11. The van der Waals surface area contributed by atoms with Crippen molar-refractivity contribution in [2.75, 3.05) is 32.0 Å². The van der Waals surface area contributed by atoms with E-state index in [1.807, 2.05) is 42.5 Å². The molecule has 326 valence electrons. The molecule has 0 saturated heterocycles. The van der Waals surface area contributed by atoms with Gasteiger partial charge >= 0.3 is 0 Å². The summed E-state index contributed by atoms with van der Waals surface area (Å²) in [7, 11) is 4.72. The molecule has 6 aromatic rings. The molecular formula is C53H53F3N2O5. The van der Waals surface area contributed by atoms with Crippen LogP contribution >= 0.6 is 0 Å². The van der Waals surface area contributed by atoms with Crippen molar-refractivity contribution >= 4 is 22.5 Å². The highest BCUT2D eigenvalue weighted by molar-refractivity contribution is 5.90. The maximum Gasteiger partial charge on any atom is 0.129 e. The quantitative estimate of drug-likeness (QED) is 0.134. The zero-order chi connectivity index (χ0) is 45.1. The number of fused-ring (bicyclic) bond motifs is 2. The average molecular weight is 855 g/mol. The second-order valence-corrected chi connectivity index (χ2v) is 16.8. The van der Waals surface area contributed by atoms with Crippen molar-refractivity contribution in [2.24, 2.45) is 0 Å². The van der Waals surface area contributed by atoms with Crippen molar-refractivity contribution in [3.05, 3.63) is 161 Å². The molecule has 0 fully saturated rings. The minimum atomic E-state index is -0.359. The summed E-state index contributed by atoms with van der Waals surface area (Å²) >= 11 is 0. The van der Waals surface area contributed by atoms with E-state index in [4.69, 9.17) is 23.7 Å². The number of methoxy groups -OCH3 is 3. The lowest BCUT2D eigenvalue weighted by Gasteiger charge is -2.33. The van der Waals surface area contributed by atoms with Gasteiger partial charge in [0.1, 0.15) is 59.4 Å². The van der Waals surface area contributed by atoms with Gasteiger partial charge in [-0.25, -0.2) is 13.2 Å². The van der Waals surface area contributed by atoms with Crippen LogP contribution in [0.25, 0.3) is 33.4 Å². The van der Waals surface area contributed by atoms with Crippen molar-refractivity contribution in [1.82, 2.24) is 0 Å². The second-order valence-electron chi connectivity index (χ2n) is 16.8. The molecule has 2 N–H and O–H groups in total. The monoisotopic (exact) mass is 854 g/mol. The molecule has 0 unspecified atom stereocenters. The second kappa shape index (κ2) is 18.3. The zero-order valence-electron chi connectivity index (χ0n) is 37.1. The topological polar surface area (TPSA) is 70.2 Å². The van der Waals surface area contributed by atoms with Crippen LogP contribution in [0.2, 0.25) is 0 Å². The first-order chi connectivity index (χ1) is 30.1. The first-order valence-corrected chi connectivity index (χ1v) is 20.7. The molecule has 2 aliphatic rings. The van der Waals surface area contributed by atoms with Gasteiger partial charge in [-0.3, -0.25) is 0 Å². The number of anilines is 2. The normalized spacial score (nSPS) is 14.2. The molecule has 63 heavy (non-hydrogen) atoms. The van der Waals surface area contributed by atoms with Crippen molar-refractivity contribution in [1.29, 1.82) is 0 Å². The van der Waals surface area contributed by atoms with Gasteiger partial charge in [0, 0.05) is 56.9 Å². The molecular weight excluding hydrogens is 802 g/mol. The van der Waals surface area contributed by atoms with Crippen LogP contribution in [-0.2, 0) is 13.2 Å². The molecule has 0 radical (unpaired) electrons. The standard InChI is InChI=1S/C27H28FNO3.C26H25F2NO2/c1-17-15-27(2,3)29-24-13-12-21(22-11-6-18(28)14-25(22)31-5)23(26(17)24)16-32-20-9-7-19(30-4)8-10-20;1-16-14-26(2,3)29-23-12-11-20(21-10-7-18(28)13-24(21)30-4)22(25(16)23)15-31-19-8-5-17(27)6-9-19/h6-15,29H,16H2,1-5H3;5-14,29H,15H2,1-4H3. The summed E-state index contributed by atoms with van der Waals surface area (Å²) in [6.45, 7) is 13.3. The van der Waals surface area contributed by atoms with Gasteiger partial charge in [-0.05, 0) is 149 Å². The molecule has 8 rings (SSSR count). The van der Waals surface area contributed by atoms with Gasteiger partial charge in [-0.1, -0.05) is 24.3 Å². The first kappa shape index (κ1) is 44.3. The van der Waals surface area contributed by atoms with Gasteiger partial charge in [0.25, 0.3) is 0 Å². The van der Waals surface area contributed by atoms with Gasteiger partial charge in [0.15, 0.2) is 0 Å². The van der Waals surface area contributed by atoms with Crippen LogP contribution in [0.5, 0.6) is 28.7 Å². The fourth-order valence-corrected chi connectivity index (χ4v) is 8.49. The molecule has 7 nitrogen and oxygen atoms in total. The molecule has 2 aliphatic heterocycles. The lowest BCUT2D eigenvalue weighted by atomic mass is 9.85. The Morgan fingerprint density at radius 3 is 1.21 bits per heavy atom. The summed E-state index contributed by atoms with van der Waals surface area (Å²) in [6.07, 6.45) is 4.40. The summed E-state index contributed by atoms with van der Waals surface area (Å²) in [4.78, 5) is 0. The molecule has 0 saturated carbocycles. The molecule has 0 amide bonds. The van der Waals surface area contributed by atoms with E-state index >= 15 is 0 Å². The van der Waals surface area contributed by atoms with Gasteiger partial charge < -0.3 is 34.3 Å². The number of hydrogen-bond donors (Lipinski definition) is 2. The Kier molecular flexibility index (Phi) is 12.8. The zero-order valence-corrected chi connectivity index (χ0v) is 37.1. The first-order valence-electron chi connectivity index (χ1n) is 20.7. The average Bonchev–Trinajstić information content (AvgIpc) is 3.24. The number of hydrogen-bond acceptors (Lipinski definition) is 7. The smallest absolute Gasteiger partial charge is 0.129 e. The number of ether oxygens (including phenoxy) is 5. The van der Waals surface area contributed by atoms with Crippen LogP contribution in [0.3, 0.4) is 0 Å². The van der Waals surface area contributed by atoms with E-state index in [1.165, 1.54) is 49.1 Å². The van der Waals surface area contributed by atoms with Crippen LogP contribution in [0.4, 0.5) is 24.5 Å². The Morgan fingerprint density at radius 1 is 0.444 bits per heavy atom. The van der Waals surface area contributed by atoms with Crippen molar-refractivity contribution < 1.29 is 36.9 Å². The highest BCUT2D eigenvalue weighted by Gasteiger charge is 2.29. The molecule has 0 bridgehead atoms. The molecule has 0 spiro atoms. The molecule has 0 atom stereocenters. The highest BCUT2D eigenvalue weighted by Crippen LogP contribution is 2.45. The summed E-state index contributed by atoms with van der Waals surface area (Å²) in [5.41, 5.74) is 11.6. The van der Waals surface area contributed by atoms with Gasteiger partial charge in [0.05, 0.1) is 32.4 Å². The van der Waals surface area contributed by atoms with E-state index in [0.717, 1.165) is 73.0 Å². The van der Waals surface area contributed by atoms with E-state index in [2.05, 4.69) is 70.4 Å². The van der Waals surface area contributed by atoms with Crippen LogP contribution in [0, 0.1) is 17.5 Å². The number of allylic oxidation sites excluding steroid dienone is 2. The molecule has 2 heterocycles. The SMILES string of the molecule is COc1cc(F)ccc1-c1ccc2c(c1COc1ccc(F)cc1)C(C)=CC(C)(C)N2.COc1ccc(OCc2c(-c3ccc(F)cc3OC)ccc3c2C(C)=CC(C)(C)N3)cc1. The van der Waals surface area contributed by atoms with Crippen molar-refractivity contribution in [2.45, 2.75) is 65.8 Å². The molecule has 0 aromatic heterocycles. The summed E-state index contributed by atoms with van der Waals surface area (Å²) < 4.78 is 69.4. The van der Waals surface area contributed by atoms with E-state index in [9.17, 15) is 13.2 Å². The van der Waals surface area contributed by atoms with Crippen molar-refractivity contribution in [3.8, 4) is 51.0 Å². The lowest BCUT2D eigenvalue weighted by Crippen LogP contribution is -2.32. The van der Waals surface area contributed by atoms with Crippen LogP contribution in [0.1, 0.15) is 63.8 Å². The van der Waals surface area contributed by atoms with Crippen LogP contribution in [0.15, 0.2) is 121 Å². The lowest BCUT2D eigenvalue weighted by molar-refractivity contribution is 0.305. The van der Waals surface area contributed by atoms with E-state index < -0.39 is 0 Å². The molecule has 0 aliphatic carbocycles. The van der Waals surface area contributed by atoms with Crippen LogP contribution < -0.4 is 34.3 Å². The number of halogens is 3. The van der Waals surface area contributed by atoms with E-state index in [1.54, 1.807) is 38.5 Å². The fourth-order valence-electron chi connectivity index (χ4n) is 8.49. The van der Waals surface area contributed by atoms with Gasteiger partial charge in [0.2, 0.25) is 0 Å². The Bertz CT molecular complexity index is 2690. The Morgan fingerprint density at radius 2 is 0.810 bits per heavy atom. The van der Waals surface area contributed by atoms with Crippen LogP contribution in [-0.4, -0.2) is 32.4 Å². The maximum atomic E-state index is 13.9. The summed E-state index contributed by atoms with van der Waals surface area (Å²) in [5.74, 6) is 2.02. The Hall–Kier alpha value is -6.81. The van der Waals surface area contributed by atoms with Gasteiger partial charge in [-0.15, -0.1) is 0 Å².